The van der Waals surface area contributed by atoms with Crippen LogP contribution in [0.5, 0.6) is 5.75 Å². The third kappa shape index (κ3) is 2.99. The summed E-state index contributed by atoms with van der Waals surface area (Å²) in [4.78, 5) is 11.9. The van der Waals surface area contributed by atoms with Gasteiger partial charge in [-0.05, 0) is 42.8 Å². The summed E-state index contributed by atoms with van der Waals surface area (Å²) in [6.45, 7) is 1.92. The van der Waals surface area contributed by atoms with E-state index in [-0.39, 0.29) is 23.7 Å². The van der Waals surface area contributed by atoms with Crippen LogP contribution in [-0.2, 0) is 4.74 Å². The van der Waals surface area contributed by atoms with E-state index in [1.165, 1.54) is 18.2 Å². The van der Waals surface area contributed by atoms with Crippen LogP contribution in [0.3, 0.4) is 0 Å². The number of H-pyrrole nitrogens is 1. The molecule has 0 fully saturated rings. The zero-order valence-electron chi connectivity index (χ0n) is 12.9. The fraction of sp³-hybridized carbons (Fsp3) is 0.111. The highest BCUT2D eigenvalue weighted by atomic mass is 19.1. The number of nitrogens with zero attached hydrogens (tertiary/aromatic N) is 1. The van der Waals surface area contributed by atoms with Crippen molar-refractivity contribution in [2.45, 2.75) is 6.92 Å². The number of ether oxygens (including phenoxy) is 1. The highest BCUT2D eigenvalue weighted by Gasteiger charge is 2.18. The molecule has 1 aromatic heterocycles. The van der Waals surface area contributed by atoms with E-state index in [1.807, 2.05) is 0 Å². The Morgan fingerprint density at radius 1 is 1.25 bits per heavy atom. The topological polar surface area (TPSA) is 75.2 Å². The van der Waals surface area contributed by atoms with Crippen molar-refractivity contribution in [2.24, 2.45) is 0 Å². The van der Waals surface area contributed by atoms with E-state index in [0.29, 0.717) is 16.6 Å². The second-order valence-corrected chi connectivity index (χ2v) is 5.10. The molecule has 0 aliphatic heterocycles. The first kappa shape index (κ1) is 15.7. The molecule has 3 aromatic rings. The Morgan fingerprint density at radius 3 is 2.71 bits per heavy atom. The molecule has 24 heavy (non-hydrogen) atoms. The predicted octanol–water partition coefficient (Wildman–Crippen LogP) is 3.75. The Bertz CT molecular complexity index is 914. The summed E-state index contributed by atoms with van der Waals surface area (Å²) in [5, 5.41) is 17.8. The molecule has 0 amide bonds. The van der Waals surface area contributed by atoms with Crippen LogP contribution in [0.2, 0.25) is 0 Å². The number of aromatic nitrogens is 2. The quantitative estimate of drug-likeness (QED) is 0.716. The summed E-state index contributed by atoms with van der Waals surface area (Å²) in [7, 11) is 0. The van der Waals surface area contributed by atoms with Crippen LogP contribution >= 0.6 is 0 Å². The second kappa shape index (κ2) is 6.54. The van der Waals surface area contributed by atoms with Crippen molar-refractivity contribution < 1.29 is 19.0 Å². The SMILES string of the molecule is CCOC(=O)c1ccc2[nH]nc(/C=C/c3ccc(F)cc3)c2c1O. The predicted molar refractivity (Wildman–Crippen MR) is 89.0 cm³/mol. The summed E-state index contributed by atoms with van der Waals surface area (Å²) in [6.07, 6.45) is 3.42. The number of hydrogen-bond acceptors (Lipinski definition) is 4. The highest BCUT2D eigenvalue weighted by molar-refractivity contribution is 6.03. The number of fused-ring (bicyclic) bond motifs is 1. The molecule has 0 aliphatic carbocycles. The molecule has 3 rings (SSSR count). The Labute approximate surface area is 137 Å². The maximum atomic E-state index is 12.9. The number of aromatic hydroxyl groups is 1. The molecular formula is C18H15FN2O3. The van der Waals surface area contributed by atoms with E-state index in [2.05, 4.69) is 10.2 Å². The molecule has 0 aliphatic rings. The van der Waals surface area contributed by atoms with Gasteiger partial charge < -0.3 is 9.84 Å². The summed E-state index contributed by atoms with van der Waals surface area (Å²) >= 11 is 0. The minimum atomic E-state index is -0.591. The van der Waals surface area contributed by atoms with Crippen LogP contribution in [0.15, 0.2) is 36.4 Å². The number of nitrogens with one attached hydrogen (secondary N) is 1. The number of esters is 1. The minimum absolute atomic E-state index is 0.0854. The van der Waals surface area contributed by atoms with Crippen molar-refractivity contribution >= 4 is 29.0 Å². The van der Waals surface area contributed by atoms with Crippen LogP contribution in [-0.4, -0.2) is 27.9 Å². The molecule has 2 N–H and O–H groups in total. The molecule has 0 unspecified atom stereocenters. The van der Waals surface area contributed by atoms with Gasteiger partial charge in [-0.2, -0.15) is 5.10 Å². The number of carbonyl (C=O) groups excluding carboxylic acids is 1. The fourth-order valence-corrected chi connectivity index (χ4v) is 2.36. The molecule has 0 atom stereocenters. The van der Waals surface area contributed by atoms with E-state index < -0.39 is 5.97 Å². The van der Waals surface area contributed by atoms with Crippen molar-refractivity contribution in [3.05, 3.63) is 59.0 Å². The van der Waals surface area contributed by atoms with Gasteiger partial charge in [0, 0.05) is 0 Å². The van der Waals surface area contributed by atoms with Gasteiger partial charge in [0.1, 0.15) is 17.1 Å². The Balaban J connectivity index is 2.01. The standard InChI is InChI=1S/C18H15FN2O3/c1-2-24-18(23)13-8-10-15-16(17(13)22)14(20-21-15)9-5-11-3-6-12(19)7-4-11/h3-10,22H,2H2,1H3,(H,20,21)/b9-5+. The van der Waals surface area contributed by atoms with Crippen LogP contribution in [0.4, 0.5) is 4.39 Å². The molecule has 5 nitrogen and oxygen atoms in total. The van der Waals surface area contributed by atoms with Crippen molar-refractivity contribution in [1.29, 1.82) is 0 Å². The zero-order valence-corrected chi connectivity index (χ0v) is 12.9. The largest absolute Gasteiger partial charge is 0.506 e. The number of halogens is 1. The molecular weight excluding hydrogens is 311 g/mol. The van der Waals surface area contributed by atoms with Crippen LogP contribution < -0.4 is 0 Å². The normalized spacial score (nSPS) is 11.2. The highest BCUT2D eigenvalue weighted by Crippen LogP contribution is 2.31. The molecule has 1 heterocycles. The lowest BCUT2D eigenvalue weighted by Gasteiger charge is -2.05. The average Bonchev–Trinajstić information content (AvgIpc) is 2.99. The number of rotatable bonds is 4. The number of phenolic OH excluding ortho intramolecular Hbond substituents is 1. The lowest BCUT2D eigenvalue weighted by molar-refractivity contribution is 0.0523. The lowest BCUT2D eigenvalue weighted by Crippen LogP contribution is -2.04. The molecule has 0 spiro atoms. The molecule has 0 saturated carbocycles. The van der Waals surface area contributed by atoms with Crippen molar-refractivity contribution in [3.8, 4) is 5.75 Å². The van der Waals surface area contributed by atoms with Gasteiger partial charge in [-0.3, -0.25) is 5.10 Å². The number of carbonyl (C=O) groups is 1. The van der Waals surface area contributed by atoms with E-state index in [4.69, 9.17) is 4.74 Å². The van der Waals surface area contributed by atoms with Crippen LogP contribution in [0.25, 0.3) is 23.1 Å². The maximum Gasteiger partial charge on any atom is 0.341 e. The molecule has 0 radical (unpaired) electrons. The van der Waals surface area contributed by atoms with Gasteiger partial charge in [-0.1, -0.05) is 18.2 Å². The first-order chi connectivity index (χ1) is 11.6. The molecule has 2 aromatic carbocycles. The van der Waals surface area contributed by atoms with Crippen molar-refractivity contribution in [3.63, 3.8) is 0 Å². The van der Waals surface area contributed by atoms with Crippen LogP contribution in [0.1, 0.15) is 28.5 Å². The third-order valence-corrected chi connectivity index (χ3v) is 3.53. The Kier molecular flexibility index (Phi) is 4.29. The molecule has 6 heteroatoms. The van der Waals surface area contributed by atoms with Crippen molar-refractivity contribution in [1.82, 2.24) is 10.2 Å². The number of hydrogen-bond donors (Lipinski definition) is 2. The van der Waals surface area contributed by atoms with Gasteiger partial charge >= 0.3 is 5.97 Å². The van der Waals surface area contributed by atoms with Gasteiger partial charge in [0.15, 0.2) is 0 Å². The zero-order chi connectivity index (χ0) is 17.1. The summed E-state index contributed by atoms with van der Waals surface area (Å²) in [6, 6.07) is 9.12. The van der Waals surface area contributed by atoms with E-state index in [1.54, 1.807) is 37.3 Å². The molecule has 0 saturated heterocycles. The lowest BCUT2D eigenvalue weighted by atomic mass is 10.1. The van der Waals surface area contributed by atoms with E-state index in [0.717, 1.165) is 5.56 Å². The monoisotopic (exact) mass is 326 g/mol. The maximum absolute atomic E-state index is 12.9. The Morgan fingerprint density at radius 2 is 2.00 bits per heavy atom. The molecule has 0 bridgehead atoms. The first-order valence-corrected chi connectivity index (χ1v) is 7.41. The van der Waals surface area contributed by atoms with Gasteiger partial charge in [-0.15, -0.1) is 0 Å². The summed E-state index contributed by atoms with van der Waals surface area (Å²) in [5.74, 6) is -1.08. The fourth-order valence-electron chi connectivity index (χ4n) is 2.36. The first-order valence-electron chi connectivity index (χ1n) is 7.41. The number of benzene rings is 2. The van der Waals surface area contributed by atoms with E-state index >= 15 is 0 Å². The van der Waals surface area contributed by atoms with Gasteiger partial charge in [0.25, 0.3) is 0 Å². The third-order valence-electron chi connectivity index (χ3n) is 3.53. The summed E-state index contributed by atoms with van der Waals surface area (Å²) < 4.78 is 17.9. The Hall–Kier alpha value is -3.15. The number of phenols is 1. The van der Waals surface area contributed by atoms with Gasteiger partial charge in [-0.25, -0.2) is 9.18 Å². The second-order valence-electron chi connectivity index (χ2n) is 5.10. The smallest absolute Gasteiger partial charge is 0.341 e. The average molecular weight is 326 g/mol. The molecule has 122 valence electrons. The van der Waals surface area contributed by atoms with E-state index in [9.17, 15) is 14.3 Å². The minimum Gasteiger partial charge on any atom is -0.506 e. The van der Waals surface area contributed by atoms with Gasteiger partial charge in [0.05, 0.1) is 23.2 Å². The van der Waals surface area contributed by atoms with Crippen LogP contribution in [0, 0.1) is 5.82 Å². The van der Waals surface area contributed by atoms with Crippen molar-refractivity contribution in [2.75, 3.05) is 6.61 Å². The van der Waals surface area contributed by atoms with Gasteiger partial charge in [0.2, 0.25) is 0 Å². The summed E-state index contributed by atoms with van der Waals surface area (Å²) in [5.41, 5.74) is 1.94. The number of aromatic amines is 1.